The highest BCUT2D eigenvalue weighted by Crippen LogP contribution is 2.37. The van der Waals surface area contributed by atoms with Crippen LogP contribution < -0.4 is 0 Å². The Hall–Kier alpha value is -2.10. The van der Waals surface area contributed by atoms with E-state index in [0.717, 1.165) is 39.0 Å². The number of aromatic nitrogens is 1. The van der Waals surface area contributed by atoms with Crippen molar-refractivity contribution in [3.8, 4) is 0 Å². The molecule has 1 N–H and O–H groups in total. The van der Waals surface area contributed by atoms with Gasteiger partial charge >= 0.3 is 0 Å². The van der Waals surface area contributed by atoms with Crippen LogP contribution >= 0.6 is 0 Å². The van der Waals surface area contributed by atoms with Crippen LogP contribution in [-0.4, -0.2) is 34.3 Å². The summed E-state index contributed by atoms with van der Waals surface area (Å²) in [6.45, 7) is 13.4. The lowest BCUT2D eigenvalue weighted by molar-refractivity contribution is 0.272. The van der Waals surface area contributed by atoms with Gasteiger partial charge in [-0.1, -0.05) is 30.3 Å². The van der Waals surface area contributed by atoms with Gasteiger partial charge in [-0.2, -0.15) is 0 Å². The summed E-state index contributed by atoms with van der Waals surface area (Å²) in [7, 11) is 0. The van der Waals surface area contributed by atoms with Crippen LogP contribution in [0, 0.1) is 27.7 Å². The van der Waals surface area contributed by atoms with E-state index in [0.29, 0.717) is 0 Å². The first-order valence-corrected chi connectivity index (χ1v) is 10.5. The zero-order valence-electron chi connectivity index (χ0n) is 17.7. The van der Waals surface area contributed by atoms with E-state index in [4.69, 9.17) is 0 Å². The van der Waals surface area contributed by atoms with Crippen molar-refractivity contribution in [3.63, 3.8) is 0 Å². The number of nitrogens with zero attached hydrogens (tertiary/aromatic N) is 2. The van der Waals surface area contributed by atoms with E-state index in [-0.39, 0.29) is 6.61 Å². The Labute approximate surface area is 168 Å². The minimum atomic E-state index is 0.214. The van der Waals surface area contributed by atoms with Gasteiger partial charge in [0, 0.05) is 50.3 Å². The van der Waals surface area contributed by atoms with Crippen molar-refractivity contribution in [1.29, 1.82) is 0 Å². The molecule has 2 aromatic carbocycles. The van der Waals surface area contributed by atoms with E-state index >= 15 is 0 Å². The maximum atomic E-state index is 9.78. The lowest BCUT2D eigenvalue weighted by Gasteiger charge is -2.20. The van der Waals surface area contributed by atoms with Crippen LogP contribution in [0.1, 0.15) is 39.1 Å². The van der Waals surface area contributed by atoms with E-state index in [1.807, 2.05) is 0 Å². The molecular weight excluding hydrogens is 344 g/mol. The largest absolute Gasteiger partial charge is 0.396 e. The fraction of sp³-hybridized carbons (Fsp3) is 0.440. The molecule has 0 spiro atoms. The van der Waals surface area contributed by atoms with Crippen LogP contribution in [0.4, 0.5) is 0 Å². The van der Waals surface area contributed by atoms with Crippen molar-refractivity contribution >= 4 is 10.9 Å². The topological polar surface area (TPSA) is 28.4 Å². The molecule has 0 aliphatic carbocycles. The van der Waals surface area contributed by atoms with Crippen molar-refractivity contribution in [2.45, 2.75) is 53.6 Å². The molecule has 3 aromatic rings. The van der Waals surface area contributed by atoms with Crippen LogP contribution in [0.15, 0.2) is 30.3 Å². The summed E-state index contributed by atoms with van der Waals surface area (Å²) in [4.78, 5) is 2.57. The Bertz CT molecular complexity index is 1000. The van der Waals surface area contributed by atoms with Gasteiger partial charge in [-0.05, 0) is 67.5 Å². The summed E-state index contributed by atoms with van der Waals surface area (Å²) in [5.74, 6) is 0. The number of aryl methyl sites for hydroxylation is 2. The van der Waals surface area contributed by atoms with Crippen LogP contribution in [-0.2, 0) is 25.9 Å². The van der Waals surface area contributed by atoms with E-state index in [1.54, 1.807) is 0 Å². The highest BCUT2D eigenvalue weighted by atomic mass is 16.2. The lowest BCUT2D eigenvalue weighted by atomic mass is 9.92. The zero-order valence-corrected chi connectivity index (χ0v) is 17.7. The number of rotatable bonds is 4. The first kappa shape index (κ1) is 19.2. The van der Waals surface area contributed by atoms with Crippen LogP contribution in [0.25, 0.3) is 10.9 Å². The molecule has 1 aromatic heterocycles. The standard InChI is InChI=1S/C25H32N2O/c1-17-18(2)20(4)25-24(19(17)3)22(11-15-28)23-10-12-26(13-14-27(23)25)16-21-8-6-5-7-9-21/h5-9,28H,10-16H2,1-4H3. The maximum absolute atomic E-state index is 9.78. The summed E-state index contributed by atoms with van der Waals surface area (Å²) in [6, 6.07) is 10.8. The number of hydrogen-bond donors (Lipinski definition) is 1. The molecule has 0 saturated heterocycles. The molecule has 0 radical (unpaired) electrons. The molecule has 0 unspecified atom stereocenters. The second-order valence-electron chi connectivity index (χ2n) is 8.29. The fourth-order valence-corrected chi connectivity index (χ4v) is 4.97. The molecule has 28 heavy (non-hydrogen) atoms. The number of hydrogen-bond acceptors (Lipinski definition) is 2. The van der Waals surface area contributed by atoms with E-state index in [2.05, 4.69) is 67.5 Å². The molecule has 1 aliphatic rings. The van der Waals surface area contributed by atoms with Gasteiger partial charge in [-0.25, -0.2) is 0 Å². The summed E-state index contributed by atoms with van der Waals surface area (Å²) in [6.07, 6.45) is 1.80. The van der Waals surface area contributed by atoms with Gasteiger partial charge < -0.3 is 9.67 Å². The van der Waals surface area contributed by atoms with Crippen LogP contribution in [0.3, 0.4) is 0 Å². The molecule has 4 rings (SSSR count). The molecule has 0 fully saturated rings. The quantitative estimate of drug-likeness (QED) is 0.728. The molecule has 148 valence electrons. The molecule has 3 heteroatoms. The smallest absolute Gasteiger partial charge is 0.0521 e. The molecule has 3 nitrogen and oxygen atoms in total. The van der Waals surface area contributed by atoms with Crippen molar-refractivity contribution in [2.75, 3.05) is 19.7 Å². The monoisotopic (exact) mass is 376 g/mol. The summed E-state index contributed by atoms with van der Waals surface area (Å²) >= 11 is 0. The van der Waals surface area contributed by atoms with Gasteiger partial charge in [0.25, 0.3) is 0 Å². The lowest BCUT2D eigenvalue weighted by Crippen LogP contribution is -2.26. The normalized spacial score (nSPS) is 15.0. The third kappa shape index (κ3) is 3.17. The van der Waals surface area contributed by atoms with Crippen molar-refractivity contribution in [2.24, 2.45) is 0 Å². The van der Waals surface area contributed by atoms with Gasteiger partial charge in [0.15, 0.2) is 0 Å². The van der Waals surface area contributed by atoms with E-state index in [9.17, 15) is 5.11 Å². The highest BCUT2D eigenvalue weighted by Gasteiger charge is 2.25. The number of aliphatic hydroxyl groups is 1. The van der Waals surface area contributed by atoms with E-state index < -0.39 is 0 Å². The van der Waals surface area contributed by atoms with Crippen molar-refractivity contribution in [1.82, 2.24) is 9.47 Å². The SMILES string of the molecule is Cc1c(C)c(C)c2c(c1C)c(CCO)c1n2CCN(Cc2ccccc2)CC1. The number of aliphatic hydroxyl groups excluding tert-OH is 1. The van der Waals surface area contributed by atoms with Crippen LogP contribution in [0.2, 0.25) is 0 Å². The molecule has 0 bridgehead atoms. The molecule has 0 atom stereocenters. The van der Waals surface area contributed by atoms with Crippen molar-refractivity contribution in [3.05, 3.63) is 69.4 Å². The zero-order chi connectivity index (χ0) is 19.8. The molecule has 0 amide bonds. The van der Waals surface area contributed by atoms with Gasteiger partial charge in [0.2, 0.25) is 0 Å². The van der Waals surface area contributed by atoms with Gasteiger partial charge in [-0.15, -0.1) is 0 Å². The van der Waals surface area contributed by atoms with Crippen LogP contribution in [0.5, 0.6) is 0 Å². The van der Waals surface area contributed by atoms with E-state index in [1.165, 1.54) is 50.0 Å². The van der Waals surface area contributed by atoms with Crippen molar-refractivity contribution < 1.29 is 5.11 Å². The Morgan fingerprint density at radius 2 is 1.57 bits per heavy atom. The maximum Gasteiger partial charge on any atom is 0.0521 e. The molecule has 2 heterocycles. The average Bonchev–Trinajstić information content (AvgIpc) is 2.86. The third-order valence-electron chi connectivity index (χ3n) is 6.82. The Kier molecular flexibility index (Phi) is 5.31. The fourth-order valence-electron chi connectivity index (χ4n) is 4.97. The minimum Gasteiger partial charge on any atom is -0.396 e. The molecule has 0 saturated carbocycles. The summed E-state index contributed by atoms with van der Waals surface area (Å²) in [5, 5.41) is 11.2. The predicted molar refractivity (Wildman–Crippen MR) is 117 cm³/mol. The first-order valence-electron chi connectivity index (χ1n) is 10.5. The van der Waals surface area contributed by atoms with Gasteiger partial charge in [0.1, 0.15) is 0 Å². The second kappa shape index (κ2) is 7.73. The number of fused-ring (bicyclic) bond motifs is 3. The van der Waals surface area contributed by atoms with Gasteiger partial charge in [0.05, 0.1) is 5.52 Å². The molecule has 1 aliphatic heterocycles. The number of benzene rings is 2. The Morgan fingerprint density at radius 3 is 2.29 bits per heavy atom. The van der Waals surface area contributed by atoms with Gasteiger partial charge in [-0.3, -0.25) is 4.90 Å². The Morgan fingerprint density at radius 1 is 0.857 bits per heavy atom. The summed E-state index contributed by atoms with van der Waals surface area (Å²) < 4.78 is 2.57. The molecular formula is C25H32N2O. The Balaban J connectivity index is 1.77. The average molecular weight is 377 g/mol. The predicted octanol–water partition coefficient (Wildman–Crippen LogP) is 4.47. The minimum absolute atomic E-state index is 0.214. The highest BCUT2D eigenvalue weighted by molar-refractivity contribution is 5.93. The third-order valence-corrected chi connectivity index (χ3v) is 6.82. The first-order chi connectivity index (χ1) is 13.5. The second-order valence-corrected chi connectivity index (χ2v) is 8.29. The summed E-state index contributed by atoms with van der Waals surface area (Å²) in [5.41, 5.74) is 11.2.